The van der Waals surface area contributed by atoms with E-state index in [1.165, 1.54) is 19.4 Å². The summed E-state index contributed by atoms with van der Waals surface area (Å²) in [5.74, 6) is 8.47. The molecule has 6 nitrogen and oxygen atoms in total. The van der Waals surface area contributed by atoms with Gasteiger partial charge in [-0.25, -0.2) is 15.8 Å². The van der Waals surface area contributed by atoms with E-state index in [1.807, 2.05) is 6.07 Å². The lowest BCUT2D eigenvalue weighted by molar-refractivity contribution is 0.217. The molecule has 0 saturated carbocycles. The number of likely N-dealkylation sites (tertiary alicyclic amines) is 1. The number of hydrogen-bond acceptors (Lipinski definition) is 6. The lowest BCUT2D eigenvalue weighted by Crippen LogP contribution is -2.35. The van der Waals surface area contributed by atoms with E-state index in [9.17, 15) is 0 Å². The molecular formula is C15H28N6. The summed E-state index contributed by atoms with van der Waals surface area (Å²) in [5.41, 5.74) is 2.52. The third-order valence-electron chi connectivity index (χ3n) is 3.84. The molecule has 1 atom stereocenters. The van der Waals surface area contributed by atoms with Gasteiger partial charge in [0.05, 0.1) is 0 Å². The van der Waals surface area contributed by atoms with Crippen molar-refractivity contribution in [2.24, 2.45) is 11.8 Å². The van der Waals surface area contributed by atoms with Crippen LogP contribution in [0.1, 0.15) is 39.4 Å². The van der Waals surface area contributed by atoms with Crippen LogP contribution < -0.4 is 16.6 Å². The summed E-state index contributed by atoms with van der Waals surface area (Å²) in [4.78, 5) is 11.5. The van der Waals surface area contributed by atoms with E-state index < -0.39 is 0 Å². The molecule has 1 saturated heterocycles. The van der Waals surface area contributed by atoms with Gasteiger partial charge in [-0.15, -0.1) is 0 Å². The Hall–Kier alpha value is -1.40. The predicted octanol–water partition coefficient (Wildman–Crippen LogP) is 1.81. The second-order valence-electron chi connectivity index (χ2n) is 7.01. The summed E-state index contributed by atoms with van der Waals surface area (Å²) >= 11 is 0. The Kier molecular flexibility index (Phi) is 5.00. The minimum absolute atomic E-state index is 0.103. The third-order valence-corrected chi connectivity index (χ3v) is 3.84. The Morgan fingerprint density at radius 3 is 2.67 bits per heavy atom. The van der Waals surface area contributed by atoms with E-state index in [-0.39, 0.29) is 5.41 Å². The standard InChI is InChI=1S/C15H28N6/c1-15(2,3)14-18-12(8-13(19-14)20-16)17-9-11-6-5-7-21(4)10-11/h8,11H,5-7,9-10,16H2,1-4H3,(H2,17,18,19,20). The van der Waals surface area contributed by atoms with Gasteiger partial charge in [0, 0.05) is 24.6 Å². The van der Waals surface area contributed by atoms with Gasteiger partial charge in [0.15, 0.2) is 0 Å². The first-order chi connectivity index (χ1) is 9.88. The number of hydrogen-bond donors (Lipinski definition) is 3. The van der Waals surface area contributed by atoms with E-state index >= 15 is 0 Å². The third kappa shape index (κ3) is 4.54. The zero-order valence-corrected chi connectivity index (χ0v) is 13.6. The van der Waals surface area contributed by atoms with E-state index in [4.69, 9.17) is 5.84 Å². The zero-order valence-electron chi connectivity index (χ0n) is 13.6. The molecule has 2 heterocycles. The highest BCUT2D eigenvalue weighted by molar-refractivity contribution is 5.47. The summed E-state index contributed by atoms with van der Waals surface area (Å²) in [6, 6.07) is 1.86. The maximum Gasteiger partial charge on any atom is 0.145 e. The monoisotopic (exact) mass is 292 g/mol. The SMILES string of the molecule is CN1CCCC(CNc2cc(NN)nc(C(C)(C)C)n2)C1. The topological polar surface area (TPSA) is 79.1 Å². The highest BCUT2D eigenvalue weighted by Crippen LogP contribution is 2.22. The van der Waals surface area contributed by atoms with Gasteiger partial charge in [-0.05, 0) is 32.4 Å². The van der Waals surface area contributed by atoms with Crippen LogP contribution in [0, 0.1) is 5.92 Å². The molecule has 1 aliphatic heterocycles. The summed E-state index contributed by atoms with van der Waals surface area (Å²) < 4.78 is 0. The number of piperidine rings is 1. The summed E-state index contributed by atoms with van der Waals surface area (Å²) in [7, 11) is 2.19. The van der Waals surface area contributed by atoms with E-state index in [0.717, 1.165) is 24.7 Å². The second kappa shape index (κ2) is 6.58. The van der Waals surface area contributed by atoms with Gasteiger partial charge >= 0.3 is 0 Å². The van der Waals surface area contributed by atoms with Crippen molar-refractivity contribution in [1.29, 1.82) is 0 Å². The number of hydrazine groups is 1. The molecule has 1 fully saturated rings. The first-order valence-electron chi connectivity index (χ1n) is 7.67. The molecule has 4 N–H and O–H groups in total. The van der Waals surface area contributed by atoms with E-state index in [1.54, 1.807) is 0 Å². The van der Waals surface area contributed by atoms with Crippen LogP contribution in [-0.4, -0.2) is 41.5 Å². The minimum atomic E-state index is -0.103. The number of aromatic nitrogens is 2. The molecule has 1 aromatic heterocycles. The Labute approximate surface area is 127 Å². The van der Waals surface area contributed by atoms with Crippen LogP contribution in [0.2, 0.25) is 0 Å². The number of nitrogens with two attached hydrogens (primary N) is 1. The van der Waals surface area contributed by atoms with Gasteiger partial charge in [0.2, 0.25) is 0 Å². The zero-order chi connectivity index (χ0) is 15.5. The van der Waals surface area contributed by atoms with Crippen molar-refractivity contribution in [3.05, 3.63) is 11.9 Å². The van der Waals surface area contributed by atoms with Crippen LogP contribution in [0.5, 0.6) is 0 Å². The lowest BCUT2D eigenvalue weighted by atomic mass is 9.95. The number of nitrogens with zero attached hydrogens (tertiary/aromatic N) is 3. The highest BCUT2D eigenvalue weighted by Gasteiger charge is 2.20. The molecule has 0 radical (unpaired) electrons. The molecule has 118 valence electrons. The van der Waals surface area contributed by atoms with Gasteiger partial charge < -0.3 is 15.6 Å². The molecule has 1 aromatic rings. The van der Waals surface area contributed by atoms with Gasteiger partial charge in [0.25, 0.3) is 0 Å². The van der Waals surface area contributed by atoms with Gasteiger partial charge in [0.1, 0.15) is 17.5 Å². The molecule has 21 heavy (non-hydrogen) atoms. The largest absolute Gasteiger partial charge is 0.370 e. The summed E-state index contributed by atoms with van der Waals surface area (Å²) in [5, 5.41) is 3.45. The lowest BCUT2D eigenvalue weighted by Gasteiger charge is -2.30. The van der Waals surface area contributed by atoms with Crippen molar-refractivity contribution in [1.82, 2.24) is 14.9 Å². The Balaban J connectivity index is 2.05. The maximum absolute atomic E-state index is 5.51. The van der Waals surface area contributed by atoms with Gasteiger partial charge in [-0.1, -0.05) is 20.8 Å². The van der Waals surface area contributed by atoms with Gasteiger partial charge in [-0.2, -0.15) is 0 Å². The minimum Gasteiger partial charge on any atom is -0.370 e. The van der Waals surface area contributed by atoms with Crippen molar-refractivity contribution in [2.45, 2.75) is 39.0 Å². The molecule has 1 unspecified atom stereocenters. The van der Waals surface area contributed by atoms with Crippen LogP contribution in [0.25, 0.3) is 0 Å². The molecule has 0 spiro atoms. The van der Waals surface area contributed by atoms with Crippen molar-refractivity contribution in [2.75, 3.05) is 37.4 Å². The normalized spacial score (nSPS) is 20.3. The fourth-order valence-corrected chi connectivity index (χ4v) is 2.64. The van der Waals surface area contributed by atoms with Crippen LogP contribution in [0.15, 0.2) is 6.07 Å². The number of nitrogen functional groups attached to an aromatic ring is 1. The second-order valence-corrected chi connectivity index (χ2v) is 7.01. The maximum atomic E-state index is 5.51. The molecule has 0 aliphatic carbocycles. The fourth-order valence-electron chi connectivity index (χ4n) is 2.64. The van der Waals surface area contributed by atoms with Crippen molar-refractivity contribution in [3.8, 4) is 0 Å². The predicted molar refractivity (Wildman–Crippen MR) is 87.3 cm³/mol. The fraction of sp³-hybridized carbons (Fsp3) is 0.733. The number of rotatable bonds is 4. The average Bonchev–Trinajstić information content (AvgIpc) is 2.44. The first kappa shape index (κ1) is 16.0. The number of nitrogens with one attached hydrogen (secondary N) is 2. The molecule has 0 aromatic carbocycles. The van der Waals surface area contributed by atoms with Gasteiger partial charge in [-0.3, -0.25) is 0 Å². The van der Waals surface area contributed by atoms with Crippen LogP contribution >= 0.6 is 0 Å². The molecule has 1 aliphatic rings. The van der Waals surface area contributed by atoms with Crippen LogP contribution in [0.4, 0.5) is 11.6 Å². The molecule has 0 bridgehead atoms. The molecule has 2 rings (SSSR count). The van der Waals surface area contributed by atoms with Crippen molar-refractivity contribution in [3.63, 3.8) is 0 Å². The Morgan fingerprint density at radius 1 is 1.33 bits per heavy atom. The first-order valence-corrected chi connectivity index (χ1v) is 7.67. The van der Waals surface area contributed by atoms with E-state index in [0.29, 0.717) is 11.7 Å². The van der Waals surface area contributed by atoms with Crippen LogP contribution in [-0.2, 0) is 5.41 Å². The average molecular weight is 292 g/mol. The highest BCUT2D eigenvalue weighted by atomic mass is 15.3. The van der Waals surface area contributed by atoms with E-state index in [2.05, 4.69) is 53.4 Å². The Morgan fingerprint density at radius 2 is 2.05 bits per heavy atom. The number of anilines is 2. The summed E-state index contributed by atoms with van der Waals surface area (Å²) in [6.45, 7) is 9.59. The van der Waals surface area contributed by atoms with Crippen LogP contribution in [0.3, 0.4) is 0 Å². The smallest absolute Gasteiger partial charge is 0.145 e. The quantitative estimate of drug-likeness (QED) is 0.580. The summed E-state index contributed by atoms with van der Waals surface area (Å²) in [6.07, 6.45) is 2.55. The molecule has 6 heteroatoms. The molecule has 0 amide bonds. The van der Waals surface area contributed by atoms with Crippen molar-refractivity contribution >= 4 is 11.6 Å². The van der Waals surface area contributed by atoms with Crippen molar-refractivity contribution < 1.29 is 0 Å². The Bertz CT molecular complexity index is 468. The molecular weight excluding hydrogens is 264 g/mol.